The average molecular weight is 237 g/mol. The molecule has 5 nitrogen and oxygen atoms in total. The number of likely N-dealkylation sites (tertiary alicyclic amines) is 1. The highest BCUT2D eigenvalue weighted by Gasteiger charge is 2.27. The van der Waals surface area contributed by atoms with Crippen LogP contribution in [-0.2, 0) is 13.6 Å². The lowest BCUT2D eigenvalue weighted by Gasteiger charge is -2.16. The quantitative estimate of drug-likeness (QED) is 0.858. The van der Waals surface area contributed by atoms with Crippen LogP contribution in [0.4, 0.5) is 0 Å². The Hall–Kier alpha value is -1.36. The average Bonchev–Trinajstić information content (AvgIpc) is 2.74. The van der Waals surface area contributed by atoms with Gasteiger partial charge < -0.3 is 5.11 Å². The molecule has 1 aromatic rings. The lowest BCUT2D eigenvalue weighted by Crippen LogP contribution is -2.23. The third-order valence-corrected chi connectivity index (χ3v) is 3.73. The molecule has 1 fully saturated rings. The highest BCUT2D eigenvalue weighted by atomic mass is 16.4. The summed E-state index contributed by atoms with van der Waals surface area (Å²) in [5, 5.41) is 13.1. The van der Waals surface area contributed by atoms with Crippen LogP contribution in [0.3, 0.4) is 0 Å². The van der Waals surface area contributed by atoms with Crippen LogP contribution in [0, 0.1) is 11.8 Å². The predicted molar refractivity (Wildman–Crippen MR) is 63.8 cm³/mol. The molecule has 2 heterocycles. The molecule has 1 aromatic heterocycles. The zero-order valence-corrected chi connectivity index (χ0v) is 10.6. The summed E-state index contributed by atoms with van der Waals surface area (Å²) in [6, 6.07) is 0. The third-order valence-electron chi connectivity index (χ3n) is 3.73. The molecule has 94 valence electrons. The van der Waals surface area contributed by atoms with Crippen LogP contribution < -0.4 is 0 Å². The number of hydrogen-bond donors (Lipinski definition) is 1. The van der Waals surface area contributed by atoms with Crippen molar-refractivity contribution in [2.75, 3.05) is 13.1 Å². The summed E-state index contributed by atoms with van der Waals surface area (Å²) in [5.41, 5.74) is 1.11. The molecular formula is C12H19N3O2. The number of hydrogen-bond acceptors (Lipinski definition) is 3. The second-order valence-electron chi connectivity index (χ2n) is 5.08. The van der Waals surface area contributed by atoms with Gasteiger partial charge in [-0.2, -0.15) is 5.10 Å². The molecule has 5 heteroatoms. The summed E-state index contributed by atoms with van der Waals surface area (Å²) in [6.45, 7) is 7.22. The molecule has 0 aliphatic carbocycles. The number of carboxylic acid groups (broad SMARTS) is 1. The van der Waals surface area contributed by atoms with Crippen molar-refractivity contribution in [3.05, 3.63) is 17.5 Å². The van der Waals surface area contributed by atoms with E-state index in [0.717, 1.165) is 18.8 Å². The molecule has 0 radical (unpaired) electrons. The van der Waals surface area contributed by atoms with E-state index in [1.807, 2.05) is 0 Å². The van der Waals surface area contributed by atoms with E-state index in [0.29, 0.717) is 23.9 Å². The van der Waals surface area contributed by atoms with Gasteiger partial charge in [-0.05, 0) is 11.8 Å². The molecule has 1 aliphatic heterocycles. The Morgan fingerprint density at radius 3 is 2.59 bits per heavy atom. The fourth-order valence-corrected chi connectivity index (χ4v) is 2.42. The second-order valence-corrected chi connectivity index (χ2v) is 5.08. The fraction of sp³-hybridized carbons (Fsp3) is 0.667. The van der Waals surface area contributed by atoms with Crippen molar-refractivity contribution in [2.24, 2.45) is 18.9 Å². The van der Waals surface area contributed by atoms with Gasteiger partial charge in [0, 0.05) is 26.7 Å². The normalized spacial score (nSPS) is 25.4. The van der Waals surface area contributed by atoms with Crippen molar-refractivity contribution in [3.8, 4) is 0 Å². The van der Waals surface area contributed by atoms with E-state index in [4.69, 9.17) is 5.11 Å². The van der Waals surface area contributed by atoms with E-state index < -0.39 is 5.97 Å². The first-order valence-electron chi connectivity index (χ1n) is 5.95. The zero-order chi connectivity index (χ0) is 12.6. The first kappa shape index (κ1) is 12.1. The molecule has 1 aliphatic rings. The number of aryl methyl sites for hydroxylation is 1. The van der Waals surface area contributed by atoms with Crippen molar-refractivity contribution in [2.45, 2.75) is 20.4 Å². The van der Waals surface area contributed by atoms with E-state index in [1.165, 1.54) is 6.20 Å². The Labute approximate surface area is 101 Å². The summed E-state index contributed by atoms with van der Waals surface area (Å²) in [7, 11) is 1.80. The van der Waals surface area contributed by atoms with Gasteiger partial charge in [0.15, 0.2) is 0 Å². The number of aromatic nitrogens is 2. The van der Waals surface area contributed by atoms with Gasteiger partial charge in [-0.1, -0.05) is 13.8 Å². The van der Waals surface area contributed by atoms with Crippen molar-refractivity contribution in [1.82, 2.24) is 14.7 Å². The predicted octanol–water partition coefficient (Wildman–Crippen LogP) is 1.21. The van der Waals surface area contributed by atoms with Gasteiger partial charge in [-0.3, -0.25) is 9.58 Å². The fourth-order valence-electron chi connectivity index (χ4n) is 2.42. The Morgan fingerprint density at radius 1 is 1.47 bits per heavy atom. The van der Waals surface area contributed by atoms with Crippen LogP contribution in [0.1, 0.15) is 29.9 Å². The third kappa shape index (κ3) is 2.34. The number of nitrogens with zero attached hydrogens (tertiary/aromatic N) is 3. The Kier molecular flexibility index (Phi) is 3.19. The van der Waals surface area contributed by atoms with Crippen LogP contribution >= 0.6 is 0 Å². The monoisotopic (exact) mass is 237 g/mol. The van der Waals surface area contributed by atoms with Crippen LogP contribution in [-0.4, -0.2) is 38.8 Å². The van der Waals surface area contributed by atoms with E-state index in [1.54, 1.807) is 11.7 Å². The van der Waals surface area contributed by atoms with Gasteiger partial charge in [0.2, 0.25) is 0 Å². The molecule has 0 spiro atoms. The summed E-state index contributed by atoms with van der Waals surface area (Å²) in [6.07, 6.45) is 1.43. The standard InChI is InChI=1S/C12H19N3O2/c1-8-5-15(6-9(8)2)7-11-10(12(16)17)4-13-14(11)3/h4,8-9H,5-7H2,1-3H3,(H,16,17). The Balaban J connectivity index is 2.14. The molecule has 2 unspecified atom stereocenters. The van der Waals surface area contributed by atoms with E-state index in [2.05, 4.69) is 23.8 Å². The molecule has 2 rings (SSSR count). The molecule has 2 atom stereocenters. The molecule has 0 amide bonds. The van der Waals surface area contributed by atoms with Crippen molar-refractivity contribution >= 4 is 5.97 Å². The first-order chi connectivity index (χ1) is 7.99. The number of carbonyl (C=O) groups is 1. The summed E-state index contributed by atoms with van der Waals surface area (Å²) >= 11 is 0. The molecule has 1 saturated heterocycles. The van der Waals surface area contributed by atoms with Gasteiger partial charge in [-0.15, -0.1) is 0 Å². The van der Waals surface area contributed by atoms with Crippen molar-refractivity contribution in [3.63, 3.8) is 0 Å². The van der Waals surface area contributed by atoms with Crippen LogP contribution in [0.2, 0.25) is 0 Å². The van der Waals surface area contributed by atoms with Gasteiger partial charge in [0.05, 0.1) is 11.9 Å². The lowest BCUT2D eigenvalue weighted by molar-refractivity contribution is 0.0694. The number of aromatic carboxylic acids is 1. The summed E-state index contributed by atoms with van der Waals surface area (Å²) in [5.74, 6) is 0.460. The summed E-state index contributed by atoms with van der Waals surface area (Å²) < 4.78 is 1.66. The topological polar surface area (TPSA) is 58.4 Å². The molecule has 0 aromatic carbocycles. The van der Waals surface area contributed by atoms with Gasteiger partial charge in [-0.25, -0.2) is 4.79 Å². The van der Waals surface area contributed by atoms with Crippen LogP contribution in [0.5, 0.6) is 0 Å². The SMILES string of the molecule is CC1CN(Cc2c(C(=O)O)cnn2C)CC1C. The molecule has 0 saturated carbocycles. The molecule has 0 bridgehead atoms. The minimum Gasteiger partial charge on any atom is -0.478 e. The summed E-state index contributed by atoms with van der Waals surface area (Å²) in [4.78, 5) is 13.4. The Morgan fingerprint density at radius 2 is 2.06 bits per heavy atom. The zero-order valence-electron chi connectivity index (χ0n) is 10.6. The Bertz CT molecular complexity index is 417. The first-order valence-corrected chi connectivity index (χ1v) is 5.95. The minimum absolute atomic E-state index is 0.319. The largest absolute Gasteiger partial charge is 0.478 e. The molecule has 17 heavy (non-hydrogen) atoms. The molecule has 1 N–H and O–H groups in total. The number of rotatable bonds is 3. The van der Waals surface area contributed by atoms with Crippen LogP contribution in [0.25, 0.3) is 0 Å². The van der Waals surface area contributed by atoms with Gasteiger partial charge in [0.1, 0.15) is 5.56 Å². The van der Waals surface area contributed by atoms with Crippen molar-refractivity contribution < 1.29 is 9.90 Å². The van der Waals surface area contributed by atoms with Gasteiger partial charge >= 0.3 is 5.97 Å². The molecular weight excluding hydrogens is 218 g/mol. The maximum Gasteiger partial charge on any atom is 0.339 e. The highest BCUT2D eigenvalue weighted by molar-refractivity contribution is 5.88. The smallest absolute Gasteiger partial charge is 0.339 e. The maximum absolute atomic E-state index is 11.1. The van der Waals surface area contributed by atoms with E-state index in [9.17, 15) is 4.79 Å². The van der Waals surface area contributed by atoms with Crippen LogP contribution in [0.15, 0.2) is 6.20 Å². The van der Waals surface area contributed by atoms with E-state index >= 15 is 0 Å². The van der Waals surface area contributed by atoms with Gasteiger partial charge in [0.25, 0.3) is 0 Å². The minimum atomic E-state index is -0.895. The number of carboxylic acids is 1. The van der Waals surface area contributed by atoms with Crippen molar-refractivity contribution in [1.29, 1.82) is 0 Å². The second kappa shape index (κ2) is 4.49. The van der Waals surface area contributed by atoms with E-state index in [-0.39, 0.29) is 0 Å². The lowest BCUT2D eigenvalue weighted by atomic mass is 10.0. The highest BCUT2D eigenvalue weighted by Crippen LogP contribution is 2.24. The maximum atomic E-state index is 11.1.